The van der Waals surface area contributed by atoms with E-state index in [9.17, 15) is 14.4 Å². The highest BCUT2D eigenvalue weighted by Gasteiger charge is 2.31. The Hall–Kier alpha value is -2.91. The molecule has 1 heterocycles. The molecule has 9 nitrogen and oxygen atoms in total. The number of carbonyl (C=O) groups excluding carboxylic acids is 3. The van der Waals surface area contributed by atoms with E-state index in [0.29, 0.717) is 22.2 Å². The smallest absolute Gasteiger partial charge is 0.418 e. The van der Waals surface area contributed by atoms with E-state index in [1.165, 1.54) is 18.8 Å². The van der Waals surface area contributed by atoms with Crippen molar-refractivity contribution in [2.24, 2.45) is 5.73 Å². The average molecular weight is 434 g/mol. The summed E-state index contributed by atoms with van der Waals surface area (Å²) in [6.07, 6.45) is -1.80. The molecule has 1 aromatic carbocycles. The largest absolute Gasteiger partial charge is 0.469 e. The van der Waals surface area contributed by atoms with Gasteiger partial charge in [-0.15, -0.1) is 0 Å². The lowest BCUT2D eigenvalue weighted by atomic mass is 10.0. The second-order valence-corrected chi connectivity index (χ2v) is 7.89. The fourth-order valence-electron chi connectivity index (χ4n) is 3.25. The van der Waals surface area contributed by atoms with E-state index >= 15 is 0 Å². The quantitative estimate of drug-likeness (QED) is 0.496. The van der Waals surface area contributed by atoms with E-state index in [2.05, 4.69) is 0 Å². The van der Waals surface area contributed by atoms with Crippen molar-refractivity contribution in [1.82, 2.24) is 4.57 Å². The van der Waals surface area contributed by atoms with E-state index in [1.807, 2.05) is 0 Å². The fourth-order valence-corrected chi connectivity index (χ4v) is 3.25. The minimum atomic E-state index is -1.04. The van der Waals surface area contributed by atoms with Crippen LogP contribution in [-0.4, -0.2) is 61.7 Å². The number of hydrogen-bond donors (Lipinski definition) is 1. The molecule has 0 fully saturated rings. The van der Waals surface area contributed by atoms with Gasteiger partial charge in [0.25, 0.3) is 0 Å². The number of nitrogens with zero attached hydrogens (tertiary/aromatic N) is 1. The molecule has 31 heavy (non-hydrogen) atoms. The molecular formula is C22H30N2O7. The molecule has 0 saturated heterocycles. The zero-order chi connectivity index (χ0) is 23.2. The summed E-state index contributed by atoms with van der Waals surface area (Å²) in [7, 11) is 2.55. The fraction of sp³-hybridized carbons (Fsp3) is 0.500. The third-order valence-corrected chi connectivity index (χ3v) is 4.48. The van der Waals surface area contributed by atoms with Gasteiger partial charge in [-0.25, -0.2) is 14.2 Å². The molecular weight excluding hydrogens is 404 g/mol. The number of para-hydroxylation sites is 1. The summed E-state index contributed by atoms with van der Waals surface area (Å²) in [6, 6.07) is 7.09. The Balaban J connectivity index is 2.62. The van der Waals surface area contributed by atoms with E-state index in [4.69, 9.17) is 24.7 Å². The lowest BCUT2D eigenvalue weighted by Gasteiger charge is -2.24. The van der Waals surface area contributed by atoms with Gasteiger partial charge >= 0.3 is 18.0 Å². The van der Waals surface area contributed by atoms with Crippen molar-refractivity contribution in [2.45, 2.75) is 45.3 Å². The van der Waals surface area contributed by atoms with Crippen LogP contribution in [0.5, 0.6) is 0 Å². The van der Waals surface area contributed by atoms with Crippen LogP contribution in [0.1, 0.15) is 32.0 Å². The molecule has 1 unspecified atom stereocenters. The first kappa shape index (κ1) is 24.4. The van der Waals surface area contributed by atoms with Crippen LogP contribution >= 0.6 is 0 Å². The number of benzene rings is 1. The number of nitrogens with two attached hydrogens (primary N) is 1. The van der Waals surface area contributed by atoms with Crippen molar-refractivity contribution in [1.29, 1.82) is 0 Å². The summed E-state index contributed by atoms with van der Waals surface area (Å²) in [5.41, 5.74) is 6.33. The third-order valence-electron chi connectivity index (χ3n) is 4.48. The first-order valence-corrected chi connectivity index (χ1v) is 9.93. The Morgan fingerprint density at radius 3 is 2.35 bits per heavy atom. The summed E-state index contributed by atoms with van der Waals surface area (Å²) in [4.78, 5) is 37.6. The summed E-state index contributed by atoms with van der Waals surface area (Å²) < 4.78 is 22.3. The van der Waals surface area contributed by atoms with Crippen molar-refractivity contribution in [3.05, 3.63) is 35.5 Å². The molecule has 0 aliphatic carbocycles. The molecule has 1 aromatic heterocycles. The second-order valence-electron chi connectivity index (χ2n) is 7.89. The van der Waals surface area contributed by atoms with Crippen LogP contribution in [0.15, 0.2) is 24.3 Å². The first-order valence-electron chi connectivity index (χ1n) is 9.93. The summed E-state index contributed by atoms with van der Waals surface area (Å²) in [5, 5.41) is 0.676. The van der Waals surface area contributed by atoms with Crippen LogP contribution in [0.25, 0.3) is 10.9 Å². The molecule has 0 aliphatic rings. The lowest BCUT2D eigenvalue weighted by Crippen LogP contribution is -2.37. The van der Waals surface area contributed by atoms with Crippen LogP contribution in [0.4, 0.5) is 4.79 Å². The van der Waals surface area contributed by atoms with Crippen molar-refractivity contribution in [3.63, 3.8) is 0 Å². The maximum Gasteiger partial charge on any atom is 0.418 e. The van der Waals surface area contributed by atoms with Crippen molar-refractivity contribution in [3.8, 4) is 0 Å². The van der Waals surface area contributed by atoms with E-state index < -0.39 is 29.7 Å². The van der Waals surface area contributed by atoms with Gasteiger partial charge in [-0.2, -0.15) is 0 Å². The summed E-state index contributed by atoms with van der Waals surface area (Å²) in [5.74, 6) is -1.07. The molecule has 1 atom stereocenters. The Labute approximate surface area is 181 Å². The maximum absolute atomic E-state index is 12.8. The third kappa shape index (κ3) is 6.05. The van der Waals surface area contributed by atoms with Crippen LogP contribution in [0, 0.1) is 0 Å². The van der Waals surface area contributed by atoms with Crippen LogP contribution < -0.4 is 5.73 Å². The zero-order valence-corrected chi connectivity index (χ0v) is 18.6. The SMILES string of the molecule is COC(=O)Cc1c(CC(OCCN)C(=O)OC(C)(C)C)n(C(=O)OC)c2ccccc12. The van der Waals surface area contributed by atoms with Gasteiger partial charge in [0.2, 0.25) is 0 Å². The highest BCUT2D eigenvalue weighted by atomic mass is 16.6. The summed E-state index contributed by atoms with van der Waals surface area (Å²) in [6.45, 7) is 5.57. The minimum absolute atomic E-state index is 0.0228. The number of rotatable bonds is 8. The standard InChI is InChI=1S/C22H30N2O7/c1-22(2,3)31-20(26)18(30-11-10-23)13-17-15(12-19(25)28-4)14-8-6-7-9-16(14)24(17)21(27)29-5/h6-9,18H,10-13,23H2,1-5H3. The van der Waals surface area contributed by atoms with Gasteiger partial charge in [0.05, 0.1) is 32.8 Å². The number of esters is 2. The van der Waals surface area contributed by atoms with E-state index in [-0.39, 0.29) is 26.0 Å². The molecule has 0 spiro atoms. The van der Waals surface area contributed by atoms with Gasteiger partial charge in [-0.05, 0) is 32.4 Å². The lowest BCUT2D eigenvalue weighted by molar-refractivity contribution is -0.168. The Bertz CT molecular complexity index is 943. The number of aromatic nitrogens is 1. The monoisotopic (exact) mass is 434 g/mol. The molecule has 2 N–H and O–H groups in total. The van der Waals surface area contributed by atoms with Gasteiger partial charge in [0.15, 0.2) is 6.10 Å². The predicted octanol–water partition coefficient (Wildman–Crippen LogP) is 2.20. The molecule has 0 aliphatic heterocycles. The van der Waals surface area contributed by atoms with Crippen molar-refractivity contribution < 1.29 is 33.3 Å². The molecule has 0 saturated carbocycles. The normalized spacial score (nSPS) is 12.5. The number of hydrogen-bond acceptors (Lipinski definition) is 8. The van der Waals surface area contributed by atoms with Crippen LogP contribution in [0.2, 0.25) is 0 Å². The highest BCUT2D eigenvalue weighted by molar-refractivity contribution is 5.96. The maximum atomic E-state index is 12.8. The molecule has 0 amide bonds. The molecule has 2 aromatic rings. The van der Waals surface area contributed by atoms with Crippen LogP contribution in [-0.2, 0) is 41.4 Å². The minimum Gasteiger partial charge on any atom is -0.469 e. The number of methoxy groups -OCH3 is 2. The number of fused-ring (bicyclic) bond motifs is 1. The number of ether oxygens (including phenoxy) is 4. The zero-order valence-electron chi connectivity index (χ0n) is 18.6. The Morgan fingerprint density at radius 2 is 1.77 bits per heavy atom. The van der Waals surface area contributed by atoms with Gasteiger partial charge in [0, 0.05) is 24.0 Å². The van der Waals surface area contributed by atoms with E-state index in [1.54, 1.807) is 45.0 Å². The van der Waals surface area contributed by atoms with Gasteiger partial charge in [-0.3, -0.25) is 4.79 Å². The Kier molecular flexibility index (Phi) is 8.18. The van der Waals surface area contributed by atoms with E-state index in [0.717, 1.165) is 0 Å². The molecule has 2 rings (SSSR count). The Morgan fingerprint density at radius 1 is 1.10 bits per heavy atom. The second kappa shape index (κ2) is 10.4. The highest BCUT2D eigenvalue weighted by Crippen LogP contribution is 2.29. The molecule has 9 heteroatoms. The van der Waals surface area contributed by atoms with Crippen LogP contribution in [0.3, 0.4) is 0 Å². The predicted molar refractivity (Wildman–Crippen MR) is 114 cm³/mol. The topological polar surface area (TPSA) is 119 Å². The summed E-state index contributed by atoms with van der Waals surface area (Å²) >= 11 is 0. The van der Waals surface area contributed by atoms with Gasteiger partial charge in [-0.1, -0.05) is 18.2 Å². The first-order chi connectivity index (χ1) is 14.6. The van der Waals surface area contributed by atoms with Crippen molar-refractivity contribution >= 4 is 28.9 Å². The van der Waals surface area contributed by atoms with Crippen molar-refractivity contribution in [2.75, 3.05) is 27.4 Å². The number of carbonyl (C=O) groups is 3. The van der Waals surface area contributed by atoms with Gasteiger partial charge in [0.1, 0.15) is 5.60 Å². The molecule has 170 valence electrons. The molecule has 0 radical (unpaired) electrons. The molecule has 0 bridgehead atoms. The average Bonchev–Trinajstić information content (AvgIpc) is 3.02. The van der Waals surface area contributed by atoms with Gasteiger partial charge < -0.3 is 24.7 Å².